The molecule has 0 aliphatic rings. The van der Waals surface area contributed by atoms with Gasteiger partial charge >= 0.3 is 0 Å². The van der Waals surface area contributed by atoms with E-state index >= 15 is 0 Å². The number of hydrogen-bond acceptors (Lipinski definition) is 4. The fraction of sp³-hybridized carbons (Fsp3) is 0.500. The lowest BCUT2D eigenvalue weighted by Crippen LogP contribution is -2.23. The molecule has 5 heteroatoms. The van der Waals surface area contributed by atoms with Crippen molar-refractivity contribution in [2.75, 3.05) is 19.8 Å². The van der Waals surface area contributed by atoms with Gasteiger partial charge in [0.05, 0.1) is 11.1 Å². The first-order valence-electron chi connectivity index (χ1n) is 5.54. The summed E-state index contributed by atoms with van der Waals surface area (Å²) in [5, 5.41) is 9.55. The number of halogens is 1. The highest BCUT2D eigenvalue weighted by molar-refractivity contribution is 9.10. The van der Waals surface area contributed by atoms with Gasteiger partial charge in [0.25, 0.3) is 0 Å². The molecule has 0 bridgehead atoms. The Balaban J connectivity index is 2.46. The molecule has 1 rings (SSSR count). The zero-order valence-corrected chi connectivity index (χ0v) is 11.4. The monoisotopic (exact) mass is 303 g/mol. The number of benzene rings is 1. The van der Waals surface area contributed by atoms with Crippen molar-refractivity contribution in [2.24, 2.45) is 5.73 Å². The highest BCUT2D eigenvalue weighted by Crippen LogP contribution is 2.25. The Morgan fingerprint density at radius 1 is 1.41 bits per heavy atom. The van der Waals surface area contributed by atoms with Gasteiger partial charge < -0.3 is 20.3 Å². The molecular formula is C12H18BrNO3. The molecule has 1 aromatic rings. The predicted molar refractivity (Wildman–Crippen MR) is 70.0 cm³/mol. The van der Waals surface area contributed by atoms with Crippen molar-refractivity contribution in [3.05, 3.63) is 28.2 Å². The van der Waals surface area contributed by atoms with Crippen LogP contribution >= 0.6 is 15.9 Å². The van der Waals surface area contributed by atoms with Gasteiger partial charge in [-0.2, -0.15) is 0 Å². The molecule has 1 aromatic carbocycles. The summed E-state index contributed by atoms with van der Waals surface area (Å²) >= 11 is 3.40. The Labute approximate surface area is 110 Å². The molecule has 0 amide bonds. The van der Waals surface area contributed by atoms with E-state index in [1.54, 1.807) is 0 Å². The van der Waals surface area contributed by atoms with Gasteiger partial charge in [0, 0.05) is 13.2 Å². The zero-order valence-electron chi connectivity index (χ0n) is 9.86. The number of nitrogens with two attached hydrogens (primary N) is 1. The Morgan fingerprint density at radius 3 is 2.76 bits per heavy atom. The van der Waals surface area contributed by atoms with E-state index in [-0.39, 0.29) is 13.2 Å². The van der Waals surface area contributed by atoms with Crippen LogP contribution < -0.4 is 10.5 Å². The molecule has 0 heterocycles. The van der Waals surface area contributed by atoms with E-state index in [1.165, 1.54) is 0 Å². The SMILES string of the molecule is CCOCC(O)COc1ccc(CN)cc1Br. The average molecular weight is 304 g/mol. The summed E-state index contributed by atoms with van der Waals surface area (Å²) in [6.07, 6.45) is -0.615. The van der Waals surface area contributed by atoms with Crippen LogP contribution in [0.2, 0.25) is 0 Å². The van der Waals surface area contributed by atoms with Gasteiger partial charge in [-0.25, -0.2) is 0 Å². The fourth-order valence-corrected chi connectivity index (χ4v) is 1.82. The second-order valence-electron chi connectivity index (χ2n) is 3.59. The highest BCUT2D eigenvalue weighted by atomic mass is 79.9. The van der Waals surface area contributed by atoms with Crippen molar-refractivity contribution in [3.63, 3.8) is 0 Å². The Bertz CT molecular complexity index is 347. The van der Waals surface area contributed by atoms with Crippen LogP contribution in [0, 0.1) is 0 Å². The quantitative estimate of drug-likeness (QED) is 0.804. The van der Waals surface area contributed by atoms with E-state index in [4.69, 9.17) is 15.2 Å². The highest BCUT2D eigenvalue weighted by Gasteiger charge is 2.07. The van der Waals surface area contributed by atoms with Crippen LogP contribution in [-0.4, -0.2) is 31.0 Å². The standard InChI is InChI=1S/C12H18BrNO3/c1-2-16-7-10(15)8-17-12-4-3-9(6-14)5-11(12)13/h3-5,10,15H,2,6-8,14H2,1H3. The third-order valence-corrected chi connectivity index (χ3v) is 2.80. The molecule has 1 unspecified atom stereocenters. The normalized spacial score (nSPS) is 12.5. The first-order chi connectivity index (χ1) is 8.17. The van der Waals surface area contributed by atoms with Crippen molar-refractivity contribution in [2.45, 2.75) is 19.6 Å². The van der Waals surface area contributed by atoms with E-state index in [1.807, 2.05) is 25.1 Å². The molecule has 0 radical (unpaired) electrons. The lowest BCUT2D eigenvalue weighted by molar-refractivity contribution is 0.0163. The van der Waals surface area contributed by atoms with Crippen molar-refractivity contribution in [3.8, 4) is 5.75 Å². The summed E-state index contributed by atoms with van der Waals surface area (Å²) < 4.78 is 11.4. The van der Waals surface area contributed by atoms with Gasteiger partial charge in [-0.3, -0.25) is 0 Å². The molecule has 0 fully saturated rings. The smallest absolute Gasteiger partial charge is 0.133 e. The van der Waals surface area contributed by atoms with Gasteiger partial charge in [0.2, 0.25) is 0 Å². The molecule has 0 spiro atoms. The second kappa shape index (κ2) is 7.66. The van der Waals surface area contributed by atoms with Crippen LogP contribution in [0.3, 0.4) is 0 Å². The minimum atomic E-state index is -0.615. The van der Waals surface area contributed by atoms with Gasteiger partial charge in [-0.15, -0.1) is 0 Å². The van der Waals surface area contributed by atoms with Crippen LogP contribution in [0.4, 0.5) is 0 Å². The molecular weight excluding hydrogens is 286 g/mol. The average Bonchev–Trinajstić information content (AvgIpc) is 2.34. The number of rotatable bonds is 7. The zero-order chi connectivity index (χ0) is 12.7. The molecule has 0 saturated carbocycles. The number of aliphatic hydroxyl groups is 1. The van der Waals surface area contributed by atoms with Gasteiger partial charge in [0.15, 0.2) is 0 Å². The van der Waals surface area contributed by atoms with Crippen molar-refractivity contribution in [1.29, 1.82) is 0 Å². The lowest BCUT2D eigenvalue weighted by atomic mass is 10.2. The van der Waals surface area contributed by atoms with Gasteiger partial charge in [0.1, 0.15) is 18.5 Å². The minimum absolute atomic E-state index is 0.209. The third kappa shape index (κ3) is 5.04. The third-order valence-electron chi connectivity index (χ3n) is 2.18. The van der Waals surface area contributed by atoms with Gasteiger partial charge in [-0.1, -0.05) is 6.07 Å². The van der Waals surface area contributed by atoms with Crippen LogP contribution in [-0.2, 0) is 11.3 Å². The second-order valence-corrected chi connectivity index (χ2v) is 4.45. The Morgan fingerprint density at radius 2 is 2.18 bits per heavy atom. The van der Waals surface area contributed by atoms with E-state index in [9.17, 15) is 5.11 Å². The van der Waals surface area contributed by atoms with Crippen molar-refractivity contribution in [1.82, 2.24) is 0 Å². The Hall–Kier alpha value is -0.620. The number of hydrogen-bond donors (Lipinski definition) is 2. The first-order valence-corrected chi connectivity index (χ1v) is 6.33. The minimum Gasteiger partial charge on any atom is -0.490 e. The summed E-state index contributed by atoms with van der Waals surface area (Å²) in [5.41, 5.74) is 6.55. The van der Waals surface area contributed by atoms with Crippen LogP contribution in [0.1, 0.15) is 12.5 Å². The fourth-order valence-electron chi connectivity index (χ4n) is 1.28. The van der Waals surface area contributed by atoms with Crippen molar-refractivity contribution < 1.29 is 14.6 Å². The lowest BCUT2D eigenvalue weighted by Gasteiger charge is -2.13. The molecule has 0 saturated heterocycles. The maximum Gasteiger partial charge on any atom is 0.133 e. The van der Waals surface area contributed by atoms with E-state index in [0.29, 0.717) is 18.9 Å². The van der Waals surface area contributed by atoms with Gasteiger partial charge in [-0.05, 0) is 40.5 Å². The molecule has 0 aliphatic heterocycles. The number of ether oxygens (including phenoxy) is 2. The largest absolute Gasteiger partial charge is 0.490 e. The molecule has 0 aliphatic carbocycles. The molecule has 4 nitrogen and oxygen atoms in total. The summed E-state index contributed by atoms with van der Waals surface area (Å²) in [7, 11) is 0. The summed E-state index contributed by atoms with van der Waals surface area (Å²) in [6.45, 7) is 3.46. The van der Waals surface area contributed by atoms with E-state index < -0.39 is 6.10 Å². The van der Waals surface area contributed by atoms with Crippen molar-refractivity contribution >= 4 is 15.9 Å². The van der Waals surface area contributed by atoms with Crippen LogP contribution in [0.5, 0.6) is 5.75 Å². The maximum atomic E-state index is 9.55. The van der Waals surface area contributed by atoms with E-state index in [0.717, 1.165) is 10.0 Å². The molecule has 0 aromatic heterocycles. The Kier molecular flexibility index (Phi) is 6.50. The predicted octanol–water partition coefficient (Wildman–Crippen LogP) is 1.68. The van der Waals surface area contributed by atoms with Crippen LogP contribution in [0.15, 0.2) is 22.7 Å². The topological polar surface area (TPSA) is 64.7 Å². The molecule has 96 valence electrons. The van der Waals surface area contributed by atoms with Crippen LogP contribution in [0.25, 0.3) is 0 Å². The summed E-state index contributed by atoms with van der Waals surface area (Å²) in [6, 6.07) is 5.64. The first kappa shape index (κ1) is 14.4. The maximum absolute atomic E-state index is 9.55. The summed E-state index contributed by atoms with van der Waals surface area (Å²) in [5.74, 6) is 0.692. The molecule has 1 atom stereocenters. The molecule has 3 N–H and O–H groups in total. The summed E-state index contributed by atoms with van der Waals surface area (Å²) in [4.78, 5) is 0. The number of aliphatic hydroxyl groups excluding tert-OH is 1. The van der Waals surface area contributed by atoms with E-state index in [2.05, 4.69) is 15.9 Å². The molecule has 17 heavy (non-hydrogen) atoms.